The van der Waals surface area contributed by atoms with Gasteiger partial charge in [-0.1, -0.05) is 30.3 Å². The Labute approximate surface area is 203 Å². The Bertz CT molecular complexity index is 1320. The molecule has 6 nitrogen and oxygen atoms in total. The summed E-state index contributed by atoms with van der Waals surface area (Å²) in [6.07, 6.45) is 6.13. The van der Waals surface area contributed by atoms with Crippen LogP contribution in [0.4, 0.5) is 4.39 Å². The number of para-hydroxylation sites is 1. The van der Waals surface area contributed by atoms with E-state index in [0.717, 1.165) is 35.4 Å². The lowest BCUT2D eigenvalue weighted by molar-refractivity contribution is 0.0714. The van der Waals surface area contributed by atoms with Crippen molar-refractivity contribution in [2.75, 3.05) is 13.7 Å². The number of methoxy groups -OCH3 is 1. The molecule has 0 radical (unpaired) electrons. The normalized spacial score (nSPS) is 15.4. The minimum atomic E-state index is -0.269. The van der Waals surface area contributed by atoms with E-state index in [1.54, 1.807) is 37.7 Å². The van der Waals surface area contributed by atoms with E-state index in [-0.39, 0.29) is 17.8 Å². The van der Waals surface area contributed by atoms with Crippen molar-refractivity contribution >= 4 is 5.91 Å². The van der Waals surface area contributed by atoms with Crippen molar-refractivity contribution in [1.29, 1.82) is 0 Å². The van der Waals surface area contributed by atoms with Crippen molar-refractivity contribution in [2.24, 2.45) is 0 Å². The molecule has 0 unspecified atom stereocenters. The maximum atomic E-state index is 13.5. The number of amides is 1. The average molecular weight is 472 g/mol. The summed E-state index contributed by atoms with van der Waals surface area (Å²) in [5, 5.41) is 0. The summed E-state index contributed by atoms with van der Waals surface area (Å²) in [6, 6.07) is 17.5. The molecule has 0 saturated carbocycles. The third-order valence-corrected chi connectivity index (χ3v) is 6.29. The number of nitrogens with zero attached hydrogens (tertiary/aromatic N) is 3. The number of carbonyl (C=O) groups excluding carboxylic acids is 1. The Morgan fingerprint density at radius 1 is 1.11 bits per heavy atom. The quantitative estimate of drug-likeness (QED) is 0.362. The SMILES string of the molecule is COc1ccccc1Cc1cc(C(=O)N2CCC[C@@H]2c2ncc(Cc3ccc(F)cc3)o2)ccn1. The number of pyridine rings is 1. The van der Waals surface area contributed by atoms with Crippen LogP contribution in [0.25, 0.3) is 0 Å². The highest BCUT2D eigenvalue weighted by atomic mass is 19.1. The van der Waals surface area contributed by atoms with Gasteiger partial charge in [-0.2, -0.15) is 0 Å². The standard InChI is InChI=1S/C28H26FN3O3/c1-34-26-7-3-2-5-20(26)16-23-17-21(12-13-30-23)28(33)32-14-4-6-25(32)27-31-18-24(35-27)15-19-8-10-22(29)11-9-19/h2-3,5,7-13,17-18,25H,4,6,14-16H2,1H3/t25-/m1/s1. The molecule has 7 heteroatoms. The molecule has 3 heterocycles. The molecule has 1 fully saturated rings. The Balaban J connectivity index is 1.31. The number of likely N-dealkylation sites (tertiary alicyclic amines) is 1. The van der Waals surface area contributed by atoms with E-state index in [0.29, 0.717) is 36.6 Å². The predicted molar refractivity (Wildman–Crippen MR) is 129 cm³/mol. The number of rotatable bonds is 7. The fourth-order valence-corrected chi connectivity index (χ4v) is 4.55. The molecule has 0 spiro atoms. The summed E-state index contributed by atoms with van der Waals surface area (Å²) >= 11 is 0. The van der Waals surface area contributed by atoms with E-state index in [4.69, 9.17) is 9.15 Å². The van der Waals surface area contributed by atoms with E-state index < -0.39 is 0 Å². The zero-order chi connectivity index (χ0) is 24.2. The van der Waals surface area contributed by atoms with Gasteiger partial charge in [-0.25, -0.2) is 9.37 Å². The maximum Gasteiger partial charge on any atom is 0.254 e. The molecule has 0 bridgehead atoms. The van der Waals surface area contributed by atoms with Gasteiger partial charge in [0.2, 0.25) is 5.89 Å². The van der Waals surface area contributed by atoms with Crippen LogP contribution in [-0.2, 0) is 12.8 Å². The van der Waals surface area contributed by atoms with Crippen LogP contribution < -0.4 is 4.74 Å². The molecular weight excluding hydrogens is 445 g/mol. The van der Waals surface area contributed by atoms with Gasteiger partial charge in [-0.15, -0.1) is 0 Å². The number of hydrogen-bond acceptors (Lipinski definition) is 5. The lowest BCUT2D eigenvalue weighted by Gasteiger charge is -2.22. The Morgan fingerprint density at radius 3 is 2.77 bits per heavy atom. The fraction of sp³-hybridized carbons (Fsp3) is 0.250. The van der Waals surface area contributed by atoms with Crippen LogP contribution in [0.5, 0.6) is 5.75 Å². The molecule has 178 valence electrons. The van der Waals surface area contributed by atoms with Gasteiger partial charge in [-0.3, -0.25) is 9.78 Å². The second-order valence-electron chi connectivity index (χ2n) is 8.65. The molecule has 4 aromatic rings. The van der Waals surface area contributed by atoms with Crippen LogP contribution in [0.2, 0.25) is 0 Å². The Kier molecular flexibility index (Phi) is 6.57. The van der Waals surface area contributed by atoms with E-state index >= 15 is 0 Å². The lowest BCUT2D eigenvalue weighted by atomic mass is 10.1. The minimum Gasteiger partial charge on any atom is -0.496 e. The highest BCUT2D eigenvalue weighted by Crippen LogP contribution is 2.33. The second-order valence-corrected chi connectivity index (χ2v) is 8.65. The largest absolute Gasteiger partial charge is 0.496 e. The first-order valence-electron chi connectivity index (χ1n) is 11.7. The molecule has 1 atom stereocenters. The van der Waals surface area contributed by atoms with Crippen molar-refractivity contribution in [2.45, 2.75) is 31.7 Å². The van der Waals surface area contributed by atoms with E-state index in [2.05, 4.69) is 9.97 Å². The molecule has 0 N–H and O–H groups in total. The maximum absolute atomic E-state index is 13.5. The van der Waals surface area contributed by atoms with Gasteiger partial charge >= 0.3 is 0 Å². The van der Waals surface area contributed by atoms with Crippen LogP contribution in [0.15, 0.2) is 77.5 Å². The molecular formula is C28H26FN3O3. The molecule has 2 aromatic carbocycles. The van der Waals surface area contributed by atoms with E-state index in [1.165, 1.54) is 12.1 Å². The summed E-state index contributed by atoms with van der Waals surface area (Å²) in [5.74, 6) is 1.69. The third-order valence-electron chi connectivity index (χ3n) is 6.29. The van der Waals surface area contributed by atoms with E-state index in [1.807, 2.05) is 35.2 Å². The number of aromatic nitrogens is 2. The summed E-state index contributed by atoms with van der Waals surface area (Å²) in [7, 11) is 1.65. The zero-order valence-electron chi connectivity index (χ0n) is 19.5. The monoisotopic (exact) mass is 471 g/mol. The smallest absolute Gasteiger partial charge is 0.254 e. The van der Waals surface area contributed by atoms with Crippen molar-refractivity contribution in [3.63, 3.8) is 0 Å². The number of hydrogen-bond donors (Lipinski definition) is 0. The molecule has 1 aliphatic rings. The highest BCUT2D eigenvalue weighted by Gasteiger charge is 2.34. The van der Waals surface area contributed by atoms with Crippen LogP contribution in [0, 0.1) is 5.82 Å². The van der Waals surface area contributed by atoms with Crippen LogP contribution in [-0.4, -0.2) is 34.4 Å². The Morgan fingerprint density at radius 2 is 1.94 bits per heavy atom. The van der Waals surface area contributed by atoms with Gasteiger partial charge in [0.05, 0.1) is 13.3 Å². The average Bonchev–Trinajstić information content (AvgIpc) is 3.55. The first kappa shape index (κ1) is 22.8. The highest BCUT2D eigenvalue weighted by molar-refractivity contribution is 5.94. The van der Waals surface area contributed by atoms with Crippen molar-refractivity contribution in [3.8, 4) is 5.75 Å². The summed E-state index contributed by atoms with van der Waals surface area (Å²) in [4.78, 5) is 24.2. The zero-order valence-corrected chi connectivity index (χ0v) is 19.5. The van der Waals surface area contributed by atoms with Crippen LogP contribution >= 0.6 is 0 Å². The molecule has 1 aliphatic heterocycles. The van der Waals surface area contributed by atoms with Gasteiger partial charge in [0.1, 0.15) is 23.4 Å². The number of benzene rings is 2. The molecule has 1 amide bonds. The van der Waals surface area contributed by atoms with Gasteiger partial charge < -0.3 is 14.1 Å². The topological polar surface area (TPSA) is 68.5 Å². The minimum absolute atomic E-state index is 0.0607. The Hall–Kier alpha value is -4.00. The van der Waals surface area contributed by atoms with Gasteiger partial charge in [0.25, 0.3) is 5.91 Å². The van der Waals surface area contributed by atoms with Crippen LogP contribution in [0.1, 0.15) is 57.7 Å². The number of carbonyl (C=O) groups is 1. The summed E-state index contributed by atoms with van der Waals surface area (Å²) in [5.41, 5.74) is 3.34. The first-order chi connectivity index (χ1) is 17.1. The predicted octanol–water partition coefficient (Wildman–Crippen LogP) is 5.38. The van der Waals surface area contributed by atoms with Gasteiger partial charge in [-0.05, 0) is 48.7 Å². The van der Waals surface area contributed by atoms with Crippen LogP contribution in [0.3, 0.4) is 0 Å². The third kappa shape index (κ3) is 5.09. The number of oxazole rings is 1. The first-order valence-corrected chi connectivity index (χ1v) is 11.7. The molecule has 35 heavy (non-hydrogen) atoms. The van der Waals surface area contributed by atoms with Crippen molar-refractivity contribution < 1.29 is 18.3 Å². The van der Waals surface area contributed by atoms with E-state index in [9.17, 15) is 9.18 Å². The second kappa shape index (κ2) is 10.1. The van der Waals surface area contributed by atoms with Gasteiger partial charge in [0, 0.05) is 42.4 Å². The lowest BCUT2D eigenvalue weighted by Crippen LogP contribution is -2.30. The summed E-state index contributed by atoms with van der Waals surface area (Å²) in [6.45, 7) is 0.642. The molecule has 1 saturated heterocycles. The molecule has 5 rings (SSSR count). The van der Waals surface area contributed by atoms with Crippen molar-refractivity contribution in [1.82, 2.24) is 14.9 Å². The number of ether oxygens (including phenoxy) is 1. The molecule has 2 aromatic heterocycles. The van der Waals surface area contributed by atoms with Gasteiger partial charge in [0.15, 0.2) is 0 Å². The summed E-state index contributed by atoms with van der Waals surface area (Å²) < 4.78 is 24.6. The number of halogens is 1. The van der Waals surface area contributed by atoms with Crippen molar-refractivity contribution in [3.05, 3.63) is 113 Å². The molecule has 0 aliphatic carbocycles. The fourth-order valence-electron chi connectivity index (χ4n) is 4.55.